The smallest absolute Gasteiger partial charge is 0.196 e. The second-order valence-corrected chi connectivity index (χ2v) is 6.68. The molecule has 0 spiro atoms. The molecule has 1 aliphatic rings. The third-order valence-electron chi connectivity index (χ3n) is 5.10. The van der Waals surface area contributed by atoms with E-state index < -0.39 is 0 Å². The zero-order valence-electron chi connectivity index (χ0n) is 14.7. The van der Waals surface area contributed by atoms with Crippen molar-refractivity contribution in [3.63, 3.8) is 0 Å². The Hall–Kier alpha value is -2.85. The van der Waals surface area contributed by atoms with Crippen molar-refractivity contribution < 1.29 is 19.4 Å². The number of carbonyl (C=O) groups is 1. The van der Waals surface area contributed by atoms with Gasteiger partial charge in [-0.3, -0.25) is 4.79 Å². The summed E-state index contributed by atoms with van der Waals surface area (Å²) in [5.74, 6) is 0.459. The van der Waals surface area contributed by atoms with Crippen LogP contribution >= 0.6 is 0 Å². The minimum absolute atomic E-state index is 0.0421. The third-order valence-corrected chi connectivity index (χ3v) is 5.10. The molecule has 0 amide bonds. The predicted molar refractivity (Wildman–Crippen MR) is 100 cm³/mol. The Balaban J connectivity index is 1.90. The van der Waals surface area contributed by atoms with E-state index in [0.717, 1.165) is 22.1 Å². The summed E-state index contributed by atoms with van der Waals surface area (Å²) in [5.41, 5.74) is 3.75. The molecule has 0 saturated carbocycles. The van der Waals surface area contributed by atoms with Gasteiger partial charge in [0.25, 0.3) is 0 Å². The normalized spacial score (nSPS) is 16.7. The third kappa shape index (κ3) is 2.37. The topological polar surface area (TPSA) is 70.7 Å². The second-order valence-electron chi connectivity index (χ2n) is 6.68. The van der Waals surface area contributed by atoms with E-state index in [9.17, 15) is 15.0 Å². The van der Waals surface area contributed by atoms with Crippen LogP contribution in [0.1, 0.15) is 52.6 Å². The maximum Gasteiger partial charge on any atom is 0.196 e. The van der Waals surface area contributed by atoms with Gasteiger partial charge in [-0.1, -0.05) is 38.1 Å². The average molecular weight is 348 g/mol. The molecule has 1 aromatic heterocycles. The van der Waals surface area contributed by atoms with Gasteiger partial charge in [0.2, 0.25) is 0 Å². The Morgan fingerprint density at radius 1 is 1.19 bits per heavy atom. The number of rotatable bonds is 3. The molecule has 26 heavy (non-hydrogen) atoms. The Morgan fingerprint density at radius 3 is 2.65 bits per heavy atom. The number of para-hydroxylation sites is 1. The number of Topliss-reactive ketones (excluding diaryl/α,β-unsaturated/α-hetero) is 1. The first kappa shape index (κ1) is 16.6. The SMILES string of the molecule is CCc1c(O)c(CO)cc2c1[C@@H](C)C=C(c1cc3ccccc3o1)C2=O. The van der Waals surface area contributed by atoms with E-state index in [1.807, 2.05) is 50.3 Å². The lowest BCUT2D eigenvalue weighted by molar-refractivity contribution is 0.105. The molecule has 4 rings (SSSR count). The van der Waals surface area contributed by atoms with Crippen LogP contribution in [0.15, 0.2) is 46.9 Å². The van der Waals surface area contributed by atoms with E-state index in [2.05, 4.69) is 0 Å². The molecule has 1 heterocycles. The van der Waals surface area contributed by atoms with Crippen LogP contribution in [0.3, 0.4) is 0 Å². The van der Waals surface area contributed by atoms with Crippen LogP contribution in [0.4, 0.5) is 0 Å². The summed E-state index contributed by atoms with van der Waals surface area (Å²) in [6, 6.07) is 11.1. The Morgan fingerprint density at radius 2 is 1.96 bits per heavy atom. The molecule has 0 radical (unpaired) electrons. The highest BCUT2D eigenvalue weighted by Gasteiger charge is 2.31. The molecule has 4 heteroatoms. The summed E-state index contributed by atoms with van der Waals surface area (Å²) >= 11 is 0. The van der Waals surface area contributed by atoms with Crippen LogP contribution < -0.4 is 0 Å². The first-order chi connectivity index (χ1) is 12.5. The summed E-state index contributed by atoms with van der Waals surface area (Å²) in [6.45, 7) is 3.63. The van der Waals surface area contributed by atoms with E-state index in [-0.39, 0.29) is 24.1 Å². The van der Waals surface area contributed by atoms with E-state index in [1.54, 1.807) is 6.07 Å². The summed E-state index contributed by atoms with van der Waals surface area (Å²) in [6.07, 6.45) is 2.49. The molecule has 0 saturated heterocycles. The number of aromatic hydroxyl groups is 1. The van der Waals surface area contributed by atoms with Gasteiger partial charge in [0.15, 0.2) is 5.78 Å². The van der Waals surface area contributed by atoms with E-state index in [0.29, 0.717) is 28.9 Å². The molecule has 0 bridgehead atoms. The minimum Gasteiger partial charge on any atom is -0.507 e. The predicted octanol–water partition coefficient (Wildman–Crippen LogP) is 4.58. The van der Waals surface area contributed by atoms with Gasteiger partial charge in [-0.25, -0.2) is 0 Å². The fourth-order valence-electron chi connectivity index (χ4n) is 3.85. The molecule has 3 aromatic rings. The first-order valence-corrected chi connectivity index (χ1v) is 8.79. The zero-order valence-corrected chi connectivity index (χ0v) is 14.7. The molecule has 1 atom stereocenters. The number of benzene rings is 2. The van der Waals surface area contributed by atoms with Crippen molar-refractivity contribution in [3.05, 3.63) is 70.5 Å². The van der Waals surface area contributed by atoms with Gasteiger partial charge in [0.1, 0.15) is 17.1 Å². The van der Waals surface area contributed by atoms with Crippen molar-refractivity contribution >= 4 is 22.3 Å². The van der Waals surface area contributed by atoms with Crippen molar-refractivity contribution in [2.75, 3.05) is 0 Å². The Kier molecular flexibility index (Phi) is 3.93. The van der Waals surface area contributed by atoms with Gasteiger partial charge in [0, 0.05) is 22.4 Å². The summed E-state index contributed by atoms with van der Waals surface area (Å²) < 4.78 is 5.89. The lowest BCUT2D eigenvalue weighted by Gasteiger charge is -2.25. The average Bonchev–Trinajstić information content (AvgIpc) is 3.08. The molecular formula is C22H20O4. The van der Waals surface area contributed by atoms with Crippen LogP contribution in [0.5, 0.6) is 5.75 Å². The van der Waals surface area contributed by atoms with Crippen LogP contribution in [-0.4, -0.2) is 16.0 Å². The van der Waals surface area contributed by atoms with Gasteiger partial charge in [0.05, 0.1) is 12.2 Å². The Labute approximate surface area is 151 Å². The molecule has 2 aromatic carbocycles. The number of aliphatic hydroxyl groups is 1. The van der Waals surface area contributed by atoms with E-state index >= 15 is 0 Å². The minimum atomic E-state index is -0.308. The van der Waals surface area contributed by atoms with Crippen LogP contribution in [0.25, 0.3) is 16.5 Å². The monoisotopic (exact) mass is 348 g/mol. The van der Waals surface area contributed by atoms with Crippen molar-refractivity contribution in [1.82, 2.24) is 0 Å². The number of carbonyl (C=O) groups excluding carboxylic acids is 1. The maximum atomic E-state index is 13.2. The number of furan rings is 1. The largest absolute Gasteiger partial charge is 0.507 e. The number of ketones is 1. The number of hydrogen-bond acceptors (Lipinski definition) is 4. The molecule has 4 nitrogen and oxygen atoms in total. The highest BCUT2D eigenvalue weighted by molar-refractivity contribution is 6.30. The van der Waals surface area contributed by atoms with Gasteiger partial charge < -0.3 is 14.6 Å². The molecular weight excluding hydrogens is 328 g/mol. The quantitative estimate of drug-likeness (QED) is 0.727. The van der Waals surface area contributed by atoms with Gasteiger partial charge in [-0.15, -0.1) is 0 Å². The fourth-order valence-corrected chi connectivity index (χ4v) is 3.85. The fraction of sp³-hybridized carbons (Fsp3) is 0.227. The van der Waals surface area contributed by atoms with E-state index in [4.69, 9.17) is 4.42 Å². The molecule has 132 valence electrons. The second kappa shape index (κ2) is 6.15. The van der Waals surface area contributed by atoms with Crippen LogP contribution in [0.2, 0.25) is 0 Å². The number of fused-ring (bicyclic) bond motifs is 2. The zero-order chi connectivity index (χ0) is 18.4. The first-order valence-electron chi connectivity index (χ1n) is 8.79. The Bertz CT molecular complexity index is 1020. The number of phenols is 1. The number of aliphatic hydroxyl groups excluding tert-OH is 1. The van der Waals surface area contributed by atoms with E-state index in [1.165, 1.54) is 0 Å². The van der Waals surface area contributed by atoms with Crippen molar-refractivity contribution in [1.29, 1.82) is 0 Å². The summed E-state index contributed by atoms with van der Waals surface area (Å²) in [7, 11) is 0. The van der Waals surface area contributed by atoms with Gasteiger partial charge in [-0.2, -0.15) is 0 Å². The van der Waals surface area contributed by atoms with Crippen molar-refractivity contribution in [2.45, 2.75) is 32.8 Å². The van der Waals surface area contributed by atoms with Gasteiger partial charge >= 0.3 is 0 Å². The lowest BCUT2D eigenvalue weighted by Crippen LogP contribution is -2.17. The lowest BCUT2D eigenvalue weighted by atomic mass is 9.79. The molecule has 1 aliphatic carbocycles. The summed E-state index contributed by atoms with van der Waals surface area (Å²) in [4.78, 5) is 13.2. The van der Waals surface area contributed by atoms with Crippen molar-refractivity contribution in [3.8, 4) is 5.75 Å². The molecule has 2 N–H and O–H groups in total. The highest BCUT2D eigenvalue weighted by atomic mass is 16.3. The summed E-state index contributed by atoms with van der Waals surface area (Å²) in [5, 5.41) is 20.9. The van der Waals surface area contributed by atoms with Crippen LogP contribution in [-0.2, 0) is 13.0 Å². The van der Waals surface area contributed by atoms with Crippen LogP contribution in [0, 0.1) is 0 Å². The van der Waals surface area contributed by atoms with Gasteiger partial charge in [-0.05, 0) is 35.7 Å². The number of hydrogen-bond donors (Lipinski definition) is 2. The maximum absolute atomic E-state index is 13.2. The highest BCUT2D eigenvalue weighted by Crippen LogP contribution is 2.42. The van der Waals surface area contributed by atoms with Crippen molar-refractivity contribution in [2.24, 2.45) is 0 Å². The number of allylic oxidation sites excluding steroid dienone is 2. The molecule has 0 unspecified atom stereocenters. The molecule has 0 aliphatic heterocycles. The molecule has 0 fully saturated rings. The standard InChI is InChI=1S/C22H20O4/c1-3-15-20-12(2)8-16(19-10-13-6-4-5-7-18(13)26-19)22(25)17(20)9-14(11-23)21(15)24/h4-10,12,23-24H,3,11H2,1-2H3/t12-/m0/s1.